The molecule has 7 heteroatoms. The molecule has 0 atom stereocenters. The Labute approximate surface area is 154 Å². The monoisotopic (exact) mass is 379 g/mol. The number of carbonyl (C=O) groups is 1. The highest BCUT2D eigenvalue weighted by molar-refractivity contribution is 7.85. The Morgan fingerprint density at radius 3 is 2.16 bits per heavy atom. The fourth-order valence-corrected chi connectivity index (χ4v) is 2.61. The molecule has 0 aliphatic carbocycles. The van der Waals surface area contributed by atoms with Gasteiger partial charge in [-0.1, -0.05) is 41.0 Å². The number of rotatable bonds is 12. The minimum Gasteiger partial charge on any atom is -0.375 e. The van der Waals surface area contributed by atoms with E-state index in [1.807, 2.05) is 34.6 Å². The van der Waals surface area contributed by atoms with Gasteiger partial charge in [0.25, 0.3) is 10.1 Å². The summed E-state index contributed by atoms with van der Waals surface area (Å²) in [6, 6.07) is 0. The molecular formula is C18H37NO5S. The van der Waals surface area contributed by atoms with Crippen molar-refractivity contribution in [2.45, 2.75) is 73.3 Å². The third-order valence-electron chi connectivity index (χ3n) is 4.86. The lowest BCUT2D eigenvalue weighted by Crippen LogP contribution is -2.44. The zero-order valence-electron chi connectivity index (χ0n) is 17.0. The van der Waals surface area contributed by atoms with Crippen LogP contribution in [-0.4, -0.2) is 54.8 Å². The van der Waals surface area contributed by atoms with E-state index in [0.29, 0.717) is 25.5 Å². The first-order valence-corrected chi connectivity index (χ1v) is 10.7. The molecule has 0 radical (unpaired) electrons. The Bertz CT molecular complexity index is 512. The molecule has 0 saturated heterocycles. The summed E-state index contributed by atoms with van der Waals surface area (Å²) in [5.41, 5.74) is -0.911. The lowest BCUT2D eigenvalue weighted by Gasteiger charge is -2.34. The maximum Gasteiger partial charge on any atom is 0.266 e. The van der Waals surface area contributed by atoms with Crippen molar-refractivity contribution in [1.29, 1.82) is 0 Å². The van der Waals surface area contributed by atoms with E-state index < -0.39 is 21.3 Å². The van der Waals surface area contributed by atoms with Crippen molar-refractivity contribution in [2.75, 3.05) is 25.4 Å². The fourth-order valence-electron chi connectivity index (χ4n) is 2.16. The van der Waals surface area contributed by atoms with E-state index in [1.54, 1.807) is 4.90 Å². The van der Waals surface area contributed by atoms with E-state index in [9.17, 15) is 13.2 Å². The van der Waals surface area contributed by atoms with Gasteiger partial charge in [-0.3, -0.25) is 9.35 Å². The van der Waals surface area contributed by atoms with Gasteiger partial charge in [-0.15, -0.1) is 0 Å². The maximum atomic E-state index is 12.9. The molecule has 0 fully saturated rings. The van der Waals surface area contributed by atoms with Crippen molar-refractivity contribution in [3.8, 4) is 0 Å². The van der Waals surface area contributed by atoms with E-state index in [4.69, 9.17) is 9.29 Å². The second-order valence-corrected chi connectivity index (χ2v) is 9.74. The Hall–Kier alpha value is -0.660. The van der Waals surface area contributed by atoms with Gasteiger partial charge in [0.2, 0.25) is 5.91 Å². The van der Waals surface area contributed by atoms with E-state index in [-0.39, 0.29) is 18.1 Å². The SMILES string of the molecule is CCCCN(CCS(=O)(=O)O)C(=O)C(C)(C)CCOC(C)(C)C(C)C. The summed E-state index contributed by atoms with van der Waals surface area (Å²) in [6.07, 6.45) is 2.25. The second-order valence-electron chi connectivity index (χ2n) is 8.17. The van der Waals surface area contributed by atoms with Gasteiger partial charge < -0.3 is 9.64 Å². The number of ether oxygens (including phenoxy) is 1. The van der Waals surface area contributed by atoms with Crippen LogP contribution in [0.4, 0.5) is 0 Å². The number of hydrogen-bond acceptors (Lipinski definition) is 4. The molecule has 150 valence electrons. The first-order valence-electron chi connectivity index (χ1n) is 9.11. The number of nitrogens with zero attached hydrogens (tertiary/aromatic N) is 1. The lowest BCUT2D eigenvalue weighted by atomic mass is 9.87. The molecule has 1 amide bonds. The van der Waals surface area contributed by atoms with Crippen LogP contribution in [0.2, 0.25) is 0 Å². The highest BCUT2D eigenvalue weighted by Gasteiger charge is 2.33. The predicted molar refractivity (Wildman–Crippen MR) is 101 cm³/mol. The highest BCUT2D eigenvalue weighted by atomic mass is 32.2. The minimum atomic E-state index is -4.09. The van der Waals surface area contributed by atoms with Gasteiger partial charge >= 0.3 is 0 Å². The van der Waals surface area contributed by atoms with E-state index >= 15 is 0 Å². The van der Waals surface area contributed by atoms with Crippen molar-refractivity contribution in [3.63, 3.8) is 0 Å². The van der Waals surface area contributed by atoms with Crippen LogP contribution in [0.25, 0.3) is 0 Å². The number of carbonyl (C=O) groups excluding carboxylic acids is 1. The lowest BCUT2D eigenvalue weighted by molar-refractivity contribution is -0.142. The van der Waals surface area contributed by atoms with Crippen molar-refractivity contribution in [1.82, 2.24) is 4.90 Å². The van der Waals surface area contributed by atoms with Gasteiger partial charge in [-0.05, 0) is 32.6 Å². The molecule has 0 unspecified atom stereocenters. The summed E-state index contributed by atoms with van der Waals surface area (Å²) in [7, 11) is -4.09. The summed E-state index contributed by atoms with van der Waals surface area (Å²) in [6.45, 7) is 14.9. The molecule has 6 nitrogen and oxygen atoms in total. The largest absolute Gasteiger partial charge is 0.375 e. The maximum absolute atomic E-state index is 12.9. The summed E-state index contributed by atoms with van der Waals surface area (Å²) >= 11 is 0. The third-order valence-corrected chi connectivity index (χ3v) is 5.56. The fraction of sp³-hybridized carbons (Fsp3) is 0.944. The standard InChI is InChI=1S/C18H37NO5S/c1-8-9-11-19(12-14-25(21,22)23)16(20)17(4,5)10-13-24-18(6,7)15(2)3/h15H,8-14H2,1-7H3,(H,21,22,23). The molecule has 0 bridgehead atoms. The molecule has 0 aromatic heterocycles. The molecule has 0 saturated carbocycles. The van der Waals surface area contributed by atoms with Gasteiger partial charge in [-0.2, -0.15) is 8.42 Å². The molecule has 25 heavy (non-hydrogen) atoms. The van der Waals surface area contributed by atoms with Crippen LogP contribution in [0.1, 0.15) is 67.7 Å². The normalized spacial score (nSPS) is 13.3. The molecule has 0 aliphatic heterocycles. The zero-order valence-corrected chi connectivity index (χ0v) is 17.8. The Morgan fingerprint density at radius 1 is 1.16 bits per heavy atom. The second kappa shape index (κ2) is 9.88. The Balaban J connectivity index is 4.87. The van der Waals surface area contributed by atoms with Crippen LogP contribution in [0, 0.1) is 11.3 Å². The topological polar surface area (TPSA) is 83.9 Å². The Kier molecular flexibility index (Phi) is 9.62. The zero-order chi connectivity index (χ0) is 19.9. The molecular weight excluding hydrogens is 342 g/mol. The van der Waals surface area contributed by atoms with Crippen LogP contribution >= 0.6 is 0 Å². The van der Waals surface area contributed by atoms with Crippen LogP contribution in [0.15, 0.2) is 0 Å². The van der Waals surface area contributed by atoms with Gasteiger partial charge in [0, 0.05) is 25.1 Å². The van der Waals surface area contributed by atoms with Crippen molar-refractivity contribution >= 4 is 16.0 Å². The molecule has 0 aromatic rings. The van der Waals surface area contributed by atoms with Crippen molar-refractivity contribution < 1.29 is 22.5 Å². The van der Waals surface area contributed by atoms with Crippen molar-refractivity contribution in [2.24, 2.45) is 11.3 Å². The summed E-state index contributed by atoms with van der Waals surface area (Å²) in [4.78, 5) is 14.4. The third kappa shape index (κ3) is 9.56. The number of unbranched alkanes of at least 4 members (excludes halogenated alkanes) is 1. The van der Waals surface area contributed by atoms with Gasteiger partial charge in [0.15, 0.2) is 0 Å². The average Bonchev–Trinajstić information content (AvgIpc) is 2.45. The van der Waals surface area contributed by atoms with Crippen LogP contribution in [-0.2, 0) is 19.6 Å². The molecule has 0 rings (SSSR count). The van der Waals surface area contributed by atoms with Crippen LogP contribution in [0.3, 0.4) is 0 Å². The van der Waals surface area contributed by atoms with E-state index in [0.717, 1.165) is 12.8 Å². The molecule has 0 heterocycles. The molecule has 0 aliphatic rings. The predicted octanol–water partition coefficient (Wildman–Crippen LogP) is 3.37. The van der Waals surface area contributed by atoms with Crippen LogP contribution < -0.4 is 0 Å². The number of hydrogen-bond donors (Lipinski definition) is 1. The summed E-state index contributed by atoms with van der Waals surface area (Å²) in [5, 5.41) is 0. The highest BCUT2D eigenvalue weighted by Crippen LogP contribution is 2.27. The smallest absolute Gasteiger partial charge is 0.266 e. The molecule has 0 spiro atoms. The minimum absolute atomic E-state index is 0.0133. The summed E-state index contributed by atoms with van der Waals surface area (Å²) < 4.78 is 37.0. The molecule has 0 aromatic carbocycles. The first kappa shape index (κ1) is 24.3. The van der Waals surface area contributed by atoms with Crippen LogP contribution in [0.5, 0.6) is 0 Å². The average molecular weight is 380 g/mol. The number of amides is 1. The van der Waals surface area contributed by atoms with Gasteiger partial charge in [0.1, 0.15) is 0 Å². The first-order chi connectivity index (χ1) is 11.2. The Morgan fingerprint density at radius 2 is 1.72 bits per heavy atom. The summed E-state index contributed by atoms with van der Waals surface area (Å²) in [5.74, 6) is -0.173. The van der Waals surface area contributed by atoms with Gasteiger partial charge in [-0.25, -0.2) is 0 Å². The quantitative estimate of drug-likeness (QED) is 0.526. The van der Waals surface area contributed by atoms with Gasteiger partial charge in [0.05, 0.1) is 11.4 Å². The van der Waals surface area contributed by atoms with Crippen molar-refractivity contribution in [3.05, 3.63) is 0 Å². The van der Waals surface area contributed by atoms with E-state index in [2.05, 4.69) is 13.8 Å². The van der Waals surface area contributed by atoms with E-state index in [1.165, 1.54) is 0 Å². The molecule has 1 N–H and O–H groups in total.